The van der Waals surface area contributed by atoms with Gasteiger partial charge in [0.1, 0.15) is 48.1 Å². The van der Waals surface area contributed by atoms with Gasteiger partial charge in [0.05, 0.1) is 0 Å². The molecule has 0 saturated carbocycles. The van der Waals surface area contributed by atoms with Crippen LogP contribution in [0.4, 0.5) is 4.39 Å². The Morgan fingerprint density at radius 2 is 1.37 bits per heavy atom. The third-order valence-corrected chi connectivity index (χ3v) is 13.2. The molecule has 18 N–H and O–H groups in total. The number of aromatic amines is 1. The second kappa shape index (κ2) is 27.8. The molecule has 380 valence electrons. The fourth-order valence-electron chi connectivity index (χ4n) is 7.16. The van der Waals surface area contributed by atoms with E-state index in [4.69, 9.17) is 28.7 Å². The molecule has 8 amide bonds. The number of primary amides is 1. The van der Waals surface area contributed by atoms with Crippen LogP contribution in [0, 0.1) is 5.82 Å². The first-order valence-electron chi connectivity index (χ1n) is 22.3. The number of nitrogens with one attached hydrogen (secondary N) is 8. The fraction of sp³-hybridized carbons (Fsp3) is 0.455. The zero-order chi connectivity index (χ0) is 51.3. The van der Waals surface area contributed by atoms with Gasteiger partial charge in [0.25, 0.3) is 0 Å². The van der Waals surface area contributed by atoms with E-state index in [1.807, 2.05) is 18.2 Å². The van der Waals surface area contributed by atoms with Crippen LogP contribution in [0.3, 0.4) is 0 Å². The maximum absolute atomic E-state index is 14.4. The van der Waals surface area contributed by atoms with Crippen LogP contribution in [-0.4, -0.2) is 131 Å². The van der Waals surface area contributed by atoms with E-state index in [0.29, 0.717) is 11.1 Å². The van der Waals surface area contributed by atoms with Crippen LogP contribution < -0.4 is 65.9 Å². The van der Waals surface area contributed by atoms with Crippen LogP contribution >= 0.6 is 21.6 Å². The Hall–Kier alpha value is -7.09. The summed E-state index contributed by atoms with van der Waals surface area (Å²) in [6.07, 6.45) is 1.85. The van der Waals surface area contributed by atoms with Crippen LogP contribution in [0.15, 0.2) is 64.7 Å². The van der Waals surface area contributed by atoms with Crippen LogP contribution in [-0.2, 0) is 51.2 Å². The van der Waals surface area contributed by atoms with Crippen LogP contribution in [0.2, 0.25) is 0 Å². The summed E-state index contributed by atoms with van der Waals surface area (Å²) in [5.74, 6) is -7.00. The second-order valence-electron chi connectivity index (χ2n) is 16.4. The van der Waals surface area contributed by atoms with Gasteiger partial charge in [0.15, 0.2) is 11.9 Å². The zero-order valence-corrected chi connectivity index (χ0v) is 40.4. The lowest BCUT2D eigenvalue weighted by Crippen LogP contribution is -2.60. The van der Waals surface area contributed by atoms with E-state index in [9.17, 15) is 42.7 Å². The standard InChI is InChI=1S/C44H62FN15O8S2/c1-23-37(63)58-33(19-25-11-13-27(45)14-12-25)41(67)56-31(10-6-17-52-44(49)50)40(66)59-34(20-26-21-53-29-8-4-3-7-28(26)29)42(68)60-35(36(46)62)22-70-69-18-15-32(38(64)54-23)57-39(65)30(55-24(2)61)9-5-16-51-43(47)48/h3-4,7-8,11-14,21,23,30-35,53H,5-6,9-10,15-20,22H2,1-2H3,(H2,46,62)(H,54,64)(H,55,61)(H,56,67)(H,57,65)(H,58,63)(H,59,66)(H,60,68)(H4,47,48,51)(H4,49,50,52)/t23-,30+,31+,32?,33-,34+,35+/m1/s1. The molecule has 3 aromatic rings. The molecular formula is C44H62FN15O8S2. The Bertz CT molecular complexity index is 2380. The predicted molar refractivity (Wildman–Crippen MR) is 266 cm³/mol. The molecule has 0 radical (unpaired) electrons. The summed E-state index contributed by atoms with van der Waals surface area (Å²) in [5.41, 5.74) is 29.5. The molecule has 26 heteroatoms. The maximum Gasteiger partial charge on any atom is 0.243 e. The number of aromatic nitrogens is 1. The van der Waals surface area contributed by atoms with E-state index in [1.165, 1.54) is 48.9 Å². The van der Waals surface area contributed by atoms with Gasteiger partial charge in [-0.3, -0.25) is 48.3 Å². The number of H-pyrrole nitrogens is 1. The third-order valence-electron chi connectivity index (χ3n) is 10.8. The Morgan fingerprint density at radius 3 is 2.04 bits per heavy atom. The number of guanidine groups is 2. The molecule has 0 spiro atoms. The summed E-state index contributed by atoms with van der Waals surface area (Å²) < 4.78 is 14.0. The number of benzene rings is 2. The number of aliphatic imine (C=N–C) groups is 2. The monoisotopic (exact) mass is 1010 g/mol. The number of carbonyl (C=O) groups is 8. The van der Waals surface area contributed by atoms with Crippen molar-refractivity contribution in [3.63, 3.8) is 0 Å². The van der Waals surface area contributed by atoms with Crippen molar-refractivity contribution < 1.29 is 42.7 Å². The fourth-order valence-corrected chi connectivity index (χ4v) is 9.42. The van der Waals surface area contributed by atoms with Gasteiger partial charge in [-0.05, 0) is 68.4 Å². The summed E-state index contributed by atoms with van der Waals surface area (Å²) in [5, 5.41) is 19.3. The Labute approximate surface area is 411 Å². The number of halogens is 1. The topological polar surface area (TPSA) is 391 Å². The van der Waals surface area contributed by atoms with E-state index >= 15 is 0 Å². The summed E-state index contributed by atoms with van der Waals surface area (Å²) in [6, 6.07) is 3.35. The summed E-state index contributed by atoms with van der Waals surface area (Å²) in [7, 11) is 2.33. The first-order valence-corrected chi connectivity index (χ1v) is 24.8. The lowest BCUT2D eigenvalue weighted by Gasteiger charge is -2.27. The van der Waals surface area contributed by atoms with Gasteiger partial charge >= 0.3 is 0 Å². The molecule has 4 rings (SSSR count). The Morgan fingerprint density at radius 1 is 0.757 bits per heavy atom. The number of para-hydroxylation sites is 1. The number of nitrogens with two attached hydrogens (primary N) is 5. The van der Waals surface area contributed by atoms with E-state index in [-0.39, 0.29) is 81.5 Å². The third kappa shape index (κ3) is 18.4. The van der Waals surface area contributed by atoms with E-state index < -0.39 is 95.4 Å². The SMILES string of the molecule is CC(=O)N[C@@H](CCCN=C(N)N)C(=O)NC1CCSSC[C@@H](C(N)=O)NC(=O)[C@H](Cc2c[nH]c3ccccc23)NC(=O)[C@H](CCCN=C(N)N)NC(=O)[C@@H](Cc2ccc(F)cc2)NC(=O)[C@@H](C)NC1=O. The van der Waals surface area contributed by atoms with Gasteiger partial charge < -0.3 is 70.9 Å². The van der Waals surface area contributed by atoms with Crippen molar-refractivity contribution >= 4 is 91.7 Å². The normalized spacial score (nSPS) is 21.5. The predicted octanol–water partition coefficient (Wildman–Crippen LogP) is -2.10. The summed E-state index contributed by atoms with van der Waals surface area (Å²) >= 11 is 0. The van der Waals surface area contributed by atoms with Crippen LogP contribution in [0.1, 0.15) is 57.1 Å². The number of nitrogens with zero attached hydrogens (tertiary/aromatic N) is 2. The van der Waals surface area contributed by atoms with Crippen molar-refractivity contribution in [1.82, 2.24) is 42.2 Å². The van der Waals surface area contributed by atoms with E-state index in [1.54, 1.807) is 12.3 Å². The smallest absolute Gasteiger partial charge is 0.243 e. The maximum atomic E-state index is 14.4. The highest BCUT2D eigenvalue weighted by molar-refractivity contribution is 8.76. The lowest BCUT2D eigenvalue weighted by molar-refractivity contribution is -0.135. The summed E-state index contributed by atoms with van der Waals surface area (Å²) in [4.78, 5) is 120. The highest BCUT2D eigenvalue weighted by Crippen LogP contribution is 2.24. The van der Waals surface area contributed by atoms with Crippen LogP contribution in [0.5, 0.6) is 0 Å². The lowest BCUT2D eigenvalue weighted by atomic mass is 10.0. The molecule has 1 saturated heterocycles. The molecule has 1 aromatic heterocycles. The number of fused-ring (bicyclic) bond motifs is 1. The molecule has 2 aromatic carbocycles. The zero-order valence-electron chi connectivity index (χ0n) is 38.8. The molecule has 1 aliphatic heterocycles. The molecule has 70 heavy (non-hydrogen) atoms. The number of hydrogen-bond acceptors (Lipinski definition) is 12. The highest BCUT2D eigenvalue weighted by Gasteiger charge is 2.34. The van der Waals surface area contributed by atoms with Gasteiger partial charge in [-0.2, -0.15) is 0 Å². The van der Waals surface area contributed by atoms with Gasteiger partial charge in [-0.1, -0.05) is 51.9 Å². The quantitative estimate of drug-likeness (QED) is 0.0317. The van der Waals surface area contributed by atoms with Crippen LogP contribution in [0.25, 0.3) is 10.9 Å². The molecule has 1 unspecified atom stereocenters. The van der Waals surface area contributed by atoms with Crippen molar-refractivity contribution in [3.05, 3.63) is 71.7 Å². The Balaban J connectivity index is 1.72. The number of hydrogen-bond donors (Lipinski definition) is 13. The largest absolute Gasteiger partial charge is 0.370 e. The average Bonchev–Trinajstić information content (AvgIpc) is 3.71. The van der Waals surface area contributed by atoms with Crippen molar-refractivity contribution in [2.75, 3.05) is 24.6 Å². The van der Waals surface area contributed by atoms with Crippen molar-refractivity contribution in [2.24, 2.45) is 38.7 Å². The minimum atomic E-state index is -1.43. The van der Waals surface area contributed by atoms with Crippen molar-refractivity contribution in [3.8, 4) is 0 Å². The van der Waals surface area contributed by atoms with Crippen molar-refractivity contribution in [2.45, 2.75) is 101 Å². The average molecular weight is 1010 g/mol. The number of amides is 8. The summed E-state index contributed by atoms with van der Waals surface area (Å²) in [6.45, 7) is 2.78. The van der Waals surface area contributed by atoms with Gasteiger partial charge in [-0.25, -0.2) is 4.39 Å². The molecular weight excluding hydrogens is 950 g/mol. The van der Waals surface area contributed by atoms with E-state index in [2.05, 4.69) is 52.2 Å². The molecule has 2 heterocycles. The van der Waals surface area contributed by atoms with Gasteiger partial charge in [0, 0.05) is 61.5 Å². The highest BCUT2D eigenvalue weighted by atomic mass is 33.1. The second-order valence-corrected chi connectivity index (χ2v) is 19.0. The minimum Gasteiger partial charge on any atom is -0.370 e. The van der Waals surface area contributed by atoms with Crippen molar-refractivity contribution in [1.29, 1.82) is 0 Å². The first kappa shape index (κ1) is 55.5. The Kier molecular flexibility index (Phi) is 22.0. The first-order chi connectivity index (χ1) is 33.3. The molecule has 0 bridgehead atoms. The molecule has 0 aliphatic carbocycles. The molecule has 7 atom stereocenters. The number of rotatable bonds is 16. The minimum absolute atomic E-state index is 0.0309. The van der Waals surface area contributed by atoms with E-state index in [0.717, 1.165) is 21.7 Å². The molecule has 1 fully saturated rings. The molecule has 23 nitrogen and oxygen atoms in total. The van der Waals surface area contributed by atoms with Gasteiger partial charge in [-0.15, -0.1) is 0 Å². The number of carbonyl (C=O) groups excluding carboxylic acids is 8. The van der Waals surface area contributed by atoms with Gasteiger partial charge in [0.2, 0.25) is 47.3 Å². The molecule has 1 aliphatic rings.